The fraction of sp³-hybridized carbons (Fsp3) is 0.250. The lowest BCUT2D eigenvalue weighted by Gasteiger charge is -2.00. The highest BCUT2D eigenvalue weighted by molar-refractivity contribution is 9.10. The Kier molecular flexibility index (Phi) is 3.27. The molecule has 0 aliphatic carbocycles. The average molecular weight is 233 g/mol. The lowest BCUT2D eigenvalue weighted by atomic mass is 10.2. The molecule has 3 heteroatoms. The second kappa shape index (κ2) is 4.02. The van der Waals surface area contributed by atoms with Crippen molar-refractivity contribution < 1.29 is 5.11 Å². The van der Waals surface area contributed by atoms with Crippen molar-refractivity contribution in [2.45, 2.75) is 5.75 Å². The van der Waals surface area contributed by atoms with Gasteiger partial charge in [-0.25, -0.2) is 0 Å². The Morgan fingerprint density at radius 2 is 2.27 bits per heavy atom. The molecule has 0 amide bonds. The molecular weight excluding hydrogens is 224 g/mol. The van der Waals surface area contributed by atoms with Gasteiger partial charge in [-0.3, -0.25) is 0 Å². The number of rotatable bonds is 2. The van der Waals surface area contributed by atoms with Crippen molar-refractivity contribution in [1.82, 2.24) is 0 Å². The number of hydrogen-bond acceptors (Lipinski definition) is 2. The maximum Gasteiger partial charge on any atom is 0.130 e. The molecule has 0 fully saturated rings. The van der Waals surface area contributed by atoms with E-state index in [-0.39, 0.29) is 0 Å². The molecule has 0 atom stereocenters. The van der Waals surface area contributed by atoms with E-state index in [4.69, 9.17) is 0 Å². The summed E-state index contributed by atoms with van der Waals surface area (Å²) >= 11 is 4.97. The first-order valence-corrected chi connectivity index (χ1v) is 5.39. The quantitative estimate of drug-likeness (QED) is 0.847. The van der Waals surface area contributed by atoms with Crippen LogP contribution in [-0.2, 0) is 5.75 Å². The molecule has 1 aromatic carbocycles. The molecule has 0 spiro atoms. The molecule has 0 aliphatic rings. The Labute approximate surface area is 78.9 Å². The zero-order valence-corrected chi connectivity index (χ0v) is 8.58. The molecule has 1 rings (SSSR count). The van der Waals surface area contributed by atoms with Crippen LogP contribution in [0.15, 0.2) is 22.7 Å². The fourth-order valence-electron chi connectivity index (χ4n) is 0.815. The van der Waals surface area contributed by atoms with E-state index in [0.29, 0.717) is 5.75 Å². The standard InChI is InChI=1S/C8H9BrOS/c1-11-5-6-2-3-7(9)8(10)4-6/h2-4,10H,5H2,1H3. The second-order valence-corrected chi connectivity index (χ2v) is 3.94. The minimum Gasteiger partial charge on any atom is -0.507 e. The van der Waals surface area contributed by atoms with Gasteiger partial charge >= 0.3 is 0 Å². The zero-order valence-electron chi connectivity index (χ0n) is 6.17. The lowest BCUT2D eigenvalue weighted by Crippen LogP contribution is -1.78. The first-order valence-electron chi connectivity index (χ1n) is 3.20. The molecule has 0 saturated carbocycles. The molecule has 0 aromatic heterocycles. The first kappa shape index (κ1) is 8.94. The maximum absolute atomic E-state index is 9.27. The van der Waals surface area contributed by atoms with E-state index in [9.17, 15) is 5.11 Å². The van der Waals surface area contributed by atoms with Crippen LogP contribution in [0.3, 0.4) is 0 Å². The fourth-order valence-corrected chi connectivity index (χ4v) is 1.57. The zero-order chi connectivity index (χ0) is 8.27. The third-order valence-corrected chi connectivity index (χ3v) is 2.61. The van der Waals surface area contributed by atoms with Crippen LogP contribution in [0.5, 0.6) is 5.75 Å². The van der Waals surface area contributed by atoms with Crippen LogP contribution in [0.1, 0.15) is 5.56 Å². The monoisotopic (exact) mass is 232 g/mol. The Balaban J connectivity index is 2.86. The molecular formula is C8H9BrOS. The predicted octanol–water partition coefficient (Wildman–Crippen LogP) is 3.02. The molecule has 0 aliphatic heterocycles. The van der Waals surface area contributed by atoms with Gasteiger partial charge in [-0.2, -0.15) is 11.8 Å². The highest BCUT2D eigenvalue weighted by atomic mass is 79.9. The number of phenolic OH excluding ortho intramolecular Hbond substituents is 1. The molecule has 1 nitrogen and oxygen atoms in total. The normalized spacial score (nSPS) is 10.0. The van der Waals surface area contributed by atoms with E-state index in [1.54, 1.807) is 17.8 Å². The topological polar surface area (TPSA) is 20.2 Å². The highest BCUT2D eigenvalue weighted by Gasteiger charge is 1.97. The van der Waals surface area contributed by atoms with Gasteiger partial charge in [-0.15, -0.1) is 0 Å². The van der Waals surface area contributed by atoms with Crippen LogP contribution in [0.4, 0.5) is 0 Å². The molecule has 60 valence electrons. The molecule has 1 aromatic rings. The van der Waals surface area contributed by atoms with Crippen LogP contribution in [0.2, 0.25) is 0 Å². The lowest BCUT2D eigenvalue weighted by molar-refractivity contribution is 0.471. The molecule has 0 radical (unpaired) electrons. The number of hydrogen-bond donors (Lipinski definition) is 1. The Morgan fingerprint density at radius 1 is 1.55 bits per heavy atom. The number of thioether (sulfide) groups is 1. The SMILES string of the molecule is CSCc1ccc(Br)c(O)c1. The number of halogens is 1. The van der Waals surface area contributed by atoms with E-state index in [2.05, 4.69) is 15.9 Å². The minimum absolute atomic E-state index is 0.316. The largest absolute Gasteiger partial charge is 0.507 e. The van der Waals surface area contributed by atoms with Crippen LogP contribution in [0.25, 0.3) is 0 Å². The molecule has 11 heavy (non-hydrogen) atoms. The predicted molar refractivity (Wildman–Crippen MR) is 53.0 cm³/mol. The molecule has 0 saturated heterocycles. The van der Waals surface area contributed by atoms with Gasteiger partial charge in [0.25, 0.3) is 0 Å². The van der Waals surface area contributed by atoms with Gasteiger partial charge in [0.15, 0.2) is 0 Å². The smallest absolute Gasteiger partial charge is 0.130 e. The Bertz CT molecular complexity index is 250. The van der Waals surface area contributed by atoms with Crippen LogP contribution < -0.4 is 0 Å². The third kappa shape index (κ3) is 2.42. The van der Waals surface area contributed by atoms with Gasteiger partial charge in [-0.05, 0) is 39.9 Å². The van der Waals surface area contributed by atoms with Crippen molar-refractivity contribution >= 4 is 27.7 Å². The van der Waals surface area contributed by atoms with Crippen LogP contribution in [0, 0.1) is 0 Å². The average Bonchev–Trinajstić information content (AvgIpc) is 1.98. The van der Waals surface area contributed by atoms with Crippen LogP contribution in [-0.4, -0.2) is 11.4 Å². The Hall–Kier alpha value is -0.150. The van der Waals surface area contributed by atoms with Gasteiger partial charge < -0.3 is 5.11 Å². The van der Waals surface area contributed by atoms with Crippen molar-refractivity contribution in [2.24, 2.45) is 0 Å². The summed E-state index contributed by atoms with van der Waals surface area (Å²) in [5.74, 6) is 1.26. The van der Waals surface area contributed by atoms with Crippen molar-refractivity contribution in [3.05, 3.63) is 28.2 Å². The summed E-state index contributed by atoms with van der Waals surface area (Å²) < 4.78 is 0.752. The summed E-state index contributed by atoms with van der Waals surface area (Å²) in [6, 6.07) is 5.64. The minimum atomic E-state index is 0.316. The van der Waals surface area contributed by atoms with Crippen molar-refractivity contribution in [2.75, 3.05) is 6.26 Å². The summed E-state index contributed by atoms with van der Waals surface area (Å²) in [4.78, 5) is 0. The van der Waals surface area contributed by atoms with E-state index in [1.807, 2.05) is 18.4 Å². The van der Waals surface area contributed by atoms with Crippen LogP contribution >= 0.6 is 27.7 Å². The summed E-state index contributed by atoms with van der Waals surface area (Å²) in [6.07, 6.45) is 2.04. The van der Waals surface area contributed by atoms with Gasteiger partial charge in [0.2, 0.25) is 0 Å². The van der Waals surface area contributed by atoms with E-state index < -0.39 is 0 Å². The van der Waals surface area contributed by atoms with Crippen molar-refractivity contribution in [1.29, 1.82) is 0 Å². The van der Waals surface area contributed by atoms with E-state index in [1.165, 1.54) is 0 Å². The third-order valence-electron chi connectivity index (χ3n) is 1.32. The number of phenols is 1. The molecule has 0 heterocycles. The molecule has 0 unspecified atom stereocenters. The van der Waals surface area contributed by atoms with Gasteiger partial charge in [0, 0.05) is 5.75 Å². The van der Waals surface area contributed by atoms with Crippen molar-refractivity contribution in [3.8, 4) is 5.75 Å². The van der Waals surface area contributed by atoms with E-state index in [0.717, 1.165) is 15.8 Å². The Morgan fingerprint density at radius 3 is 2.82 bits per heavy atom. The van der Waals surface area contributed by atoms with Gasteiger partial charge in [0.05, 0.1) is 4.47 Å². The summed E-state index contributed by atoms with van der Waals surface area (Å²) in [5.41, 5.74) is 1.15. The summed E-state index contributed by atoms with van der Waals surface area (Å²) in [5, 5.41) is 9.27. The van der Waals surface area contributed by atoms with Gasteiger partial charge in [-0.1, -0.05) is 6.07 Å². The number of benzene rings is 1. The molecule has 0 bridgehead atoms. The molecule has 1 N–H and O–H groups in total. The van der Waals surface area contributed by atoms with Gasteiger partial charge in [0.1, 0.15) is 5.75 Å². The van der Waals surface area contributed by atoms with Crippen molar-refractivity contribution in [3.63, 3.8) is 0 Å². The first-order chi connectivity index (χ1) is 5.24. The summed E-state index contributed by atoms with van der Waals surface area (Å²) in [7, 11) is 0. The summed E-state index contributed by atoms with van der Waals surface area (Å²) in [6.45, 7) is 0. The number of aromatic hydroxyl groups is 1. The maximum atomic E-state index is 9.27. The van der Waals surface area contributed by atoms with E-state index >= 15 is 0 Å². The highest BCUT2D eigenvalue weighted by Crippen LogP contribution is 2.25. The second-order valence-electron chi connectivity index (χ2n) is 2.22.